The summed E-state index contributed by atoms with van der Waals surface area (Å²) in [5.74, 6) is -1.71. The van der Waals surface area contributed by atoms with E-state index in [9.17, 15) is 27.7 Å². The van der Waals surface area contributed by atoms with E-state index in [4.69, 9.17) is 0 Å². The zero-order valence-corrected chi connectivity index (χ0v) is 15.5. The summed E-state index contributed by atoms with van der Waals surface area (Å²) in [7, 11) is -3.05. The number of hydrogen-bond donors (Lipinski definition) is 1. The molecule has 0 spiro atoms. The Morgan fingerprint density at radius 3 is 2.56 bits per heavy atom. The van der Waals surface area contributed by atoms with Crippen LogP contribution in [0, 0.1) is 15.9 Å². The lowest BCUT2D eigenvalue weighted by molar-refractivity contribution is -0.387. The number of nitrogens with zero attached hydrogens (tertiary/aromatic N) is 2. The maximum absolute atomic E-state index is 13.4. The number of rotatable bonds is 7. The van der Waals surface area contributed by atoms with Gasteiger partial charge in [-0.1, -0.05) is 25.1 Å². The van der Waals surface area contributed by atoms with Crippen molar-refractivity contribution in [2.24, 2.45) is 0 Å². The Morgan fingerprint density at radius 2 is 1.93 bits per heavy atom. The van der Waals surface area contributed by atoms with E-state index < -0.39 is 43.8 Å². The molecule has 2 rings (SSSR count). The van der Waals surface area contributed by atoms with Crippen LogP contribution in [0.1, 0.15) is 12.5 Å². The van der Waals surface area contributed by atoms with Gasteiger partial charge in [0.25, 0.3) is 0 Å². The van der Waals surface area contributed by atoms with Crippen LogP contribution >= 0.6 is 0 Å². The van der Waals surface area contributed by atoms with Crippen LogP contribution in [0.25, 0.3) is 0 Å². The summed E-state index contributed by atoms with van der Waals surface area (Å²) < 4.78 is 39.2. The van der Waals surface area contributed by atoms with E-state index in [2.05, 4.69) is 5.32 Å². The first kappa shape index (κ1) is 20.5. The fourth-order valence-corrected chi connectivity index (χ4v) is 3.55. The molecule has 0 aromatic heterocycles. The van der Waals surface area contributed by atoms with Gasteiger partial charge in [-0.3, -0.25) is 14.9 Å². The Labute approximate surface area is 155 Å². The Morgan fingerprint density at radius 1 is 1.26 bits per heavy atom. The molecule has 0 fully saturated rings. The van der Waals surface area contributed by atoms with Gasteiger partial charge >= 0.3 is 5.69 Å². The maximum atomic E-state index is 13.4. The number of hydrogen-bond acceptors (Lipinski definition) is 5. The van der Waals surface area contributed by atoms with E-state index in [-0.39, 0.29) is 0 Å². The van der Waals surface area contributed by atoms with Crippen molar-refractivity contribution in [2.45, 2.75) is 18.2 Å². The third kappa shape index (κ3) is 4.66. The highest BCUT2D eigenvalue weighted by Gasteiger charge is 2.26. The number of sulfonamides is 1. The molecule has 0 heterocycles. The summed E-state index contributed by atoms with van der Waals surface area (Å²) in [5.41, 5.74) is 0.518. The van der Waals surface area contributed by atoms with Crippen LogP contribution in [-0.4, -0.2) is 37.1 Å². The van der Waals surface area contributed by atoms with Gasteiger partial charge in [0.05, 0.1) is 16.4 Å². The second-order valence-electron chi connectivity index (χ2n) is 5.69. The molecule has 8 nitrogen and oxygen atoms in total. The minimum atomic E-state index is -4.21. The van der Waals surface area contributed by atoms with Gasteiger partial charge in [-0.15, -0.1) is 0 Å². The molecular formula is C17H18FN3O5S. The average molecular weight is 395 g/mol. The molecule has 0 radical (unpaired) electrons. The van der Waals surface area contributed by atoms with E-state index >= 15 is 0 Å². The number of aryl methyl sites for hydroxylation is 1. The van der Waals surface area contributed by atoms with E-state index in [1.807, 2.05) is 19.1 Å². The van der Waals surface area contributed by atoms with Crippen molar-refractivity contribution in [3.05, 3.63) is 64.0 Å². The molecule has 0 saturated carbocycles. The first-order valence-corrected chi connectivity index (χ1v) is 9.38. The van der Waals surface area contributed by atoms with Crippen LogP contribution in [0.3, 0.4) is 0 Å². The molecule has 144 valence electrons. The van der Waals surface area contributed by atoms with E-state index in [1.165, 1.54) is 0 Å². The number of nitro benzene ring substituents is 1. The second-order valence-corrected chi connectivity index (χ2v) is 7.74. The van der Waals surface area contributed by atoms with Gasteiger partial charge < -0.3 is 5.32 Å². The lowest BCUT2D eigenvalue weighted by Gasteiger charge is -2.17. The molecule has 27 heavy (non-hydrogen) atoms. The summed E-state index contributed by atoms with van der Waals surface area (Å²) >= 11 is 0. The molecule has 0 aliphatic rings. The van der Waals surface area contributed by atoms with Crippen molar-refractivity contribution in [2.75, 3.05) is 18.9 Å². The normalized spacial score (nSPS) is 11.4. The maximum Gasteiger partial charge on any atom is 0.306 e. The quantitative estimate of drug-likeness (QED) is 0.572. The molecule has 0 atom stereocenters. The number of halogens is 1. The van der Waals surface area contributed by atoms with Crippen LogP contribution in [0.4, 0.5) is 15.8 Å². The van der Waals surface area contributed by atoms with Crippen molar-refractivity contribution in [3.63, 3.8) is 0 Å². The lowest BCUT2D eigenvalue weighted by Crippen LogP contribution is -2.35. The Bertz CT molecular complexity index is 978. The van der Waals surface area contributed by atoms with Gasteiger partial charge in [-0.25, -0.2) is 8.42 Å². The fourth-order valence-electron chi connectivity index (χ4n) is 2.40. The summed E-state index contributed by atoms with van der Waals surface area (Å²) in [4.78, 5) is 21.5. The Kier molecular flexibility index (Phi) is 6.24. The van der Waals surface area contributed by atoms with E-state index in [0.29, 0.717) is 24.2 Å². The molecule has 2 aromatic rings. The molecule has 0 aliphatic carbocycles. The van der Waals surface area contributed by atoms with Crippen molar-refractivity contribution >= 4 is 27.3 Å². The van der Waals surface area contributed by atoms with Crippen LogP contribution in [0.2, 0.25) is 0 Å². The number of amides is 1. The number of benzene rings is 2. The second kappa shape index (κ2) is 8.23. The first-order valence-electron chi connectivity index (χ1n) is 7.94. The third-order valence-electron chi connectivity index (χ3n) is 3.86. The van der Waals surface area contributed by atoms with Gasteiger partial charge in [0.15, 0.2) is 0 Å². The van der Waals surface area contributed by atoms with Crippen LogP contribution in [0.5, 0.6) is 0 Å². The van der Waals surface area contributed by atoms with Crippen molar-refractivity contribution in [1.29, 1.82) is 0 Å². The molecule has 0 unspecified atom stereocenters. The molecule has 1 N–H and O–H groups in total. The summed E-state index contributed by atoms with van der Waals surface area (Å²) in [6, 6.07) is 9.36. The highest BCUT2D eigenvalue weighted by atomic mass is 32.2. The summed E-state index contributed by atoms with van der Waals surface area (Å²) in [5, 5.41) is 13.4. The SMILES string of the molecule is CCc1ccccc1NC(=O)CN(C)S(=O)(=O)c1ccc(F)c([N+](=O)[O-])c1. The molecule has 0 bridgehead atoms. The van der Waals surface area contributed by atoms with Crippen LogP contribution in [-0.2, 0) is 21.2 Å². The van der Waals surface area contributed by atoms with Crippen molar-refractivity contribution in [3.8, 4) is 0 Å². The summed E-state index contributed by atoms with van der Waals surface area (Å²) in [6.07, 6.45) is 0.684. The molecule has 0 aliphatic heterocycles. The van der Waals surface area contributed by atoms with E-state index in [0.717, 1.165) is 23.0 Å². The highest BCUT2D eigenvalue weighted by molar-refractivity contribution is 7.89. The molecular weight excluding hydrogens is 377 g/mol. The monoisotopic (exact) mass is 395 g/mol. The number of carbonyl (C=O) groups excluding carboxylic acids is 1. The van der Waals surface area contributed by atoms with Gasteiger partial charge in [-0.2, -0.15) is 8.70 Å². The predicted molar refractivity (Wildman–Crippen MR) is 97.3 cm³/mol. The van der Waals surface area contributed by atoms with Crippen molar-refractivity contribution < 1.29 is 22.5 Å². The molecule has 0 saturated heterocycles. The van der Waals surface area contributed by atoms with Crippen LogP contribution < -0.4 is 5.32 Å². The highest BCUT2D eigenvalue weighted by Crippen LogP contribution is 2.23. The van der Waals surface area contributed by atoms with Gasteiger partial charge in [0.1, 0.15) is 0 Å². The van der Waals surface area contributed by atoms with Gasteiger partial charge in [0, 0.05) is 18.8 Å². The minimum absolute atomic E-state index is 0.472. The Balaban J connectivity index is 2.19. The smallest absolute Gasteiger partial charge is 0.306 e. The molecule has 10 heteroatoms. The fraction of sp³-hybridized carbons (Fsp3) is 0.235. The molecule has 1 amide bonds. The number of carbonyl (C=O) groups is 1. The molecule has 2 aromatic carbocycles. The van der Waals surface area contributed by atoms with E-state index in [1.54, 1.807) is 12.1 Å². The lowest BCUT2D eigenvalue weighted by atomic mass is 10.1. The van der Waals surface area contributed by atoms with Gasteiger partial charge in [-0.05, 0) is 30.2 Å². The Hall–Kier alpha value is -2.85. The summed E-state index contributed by atoms with van der Waals surface area (Å²) in [6.45, 7) is 1.41. The zero-order chi connectivity index (χ0) is 20.2. The number of para-hydroxylation sites is 1. The average Bonchev–Trinajstić information content (AvgIpc) is 2.61. The predicted octanol–water partition coefficient (Wildman–Crippen LogP) is 2.56. The third-order valence-corrected chi connectivity index (χ3v) is 5.66. The topological polar surface area (TPSA) is 110 Å². The van der Waals surface area contributed by atoms with Crippen LogP contribution in [0.15, 0.2) is 47.4 Å². The number of likely N-dealkylation sites (N-methyl/N-ethyl adjacent to an activating group) is 1. The minimum Gasteiger partial charge on any atom is -0.325 e. The standard InChI is InChI=1S/C17H18FN3O5S/c1-3-12-6-4-5-7-15(12)19-17(22)11-20(2)27(25,26)13-8-9-14(18)16(10-13)21(23)24/h4-10H,3,11H2,1-2H3,(H,19,22). The van der Waals surface area contributed by atoms with Crippen molar-refractivity contribution in [1.82, 2.24) is 4.31 Å². The van der Waals surface area contributed by atoms with Gasteiger partial charge in [0.2, 0.25) is 21.7 Å². The zero-order valence-electron chi connectivity index (χ0n) is 14.7. The largest absolute Gasteiger partial charge is 0.325 e. The number of nitro groups is 1. The first-order chi connectivity index (χ1) is 12.7. The number of anilines is 1. The number of nitrogens with one attached hydrogen (secondary N) is 1.